The van der Waals surface area contributed by atoms with Crippen molar-refractivity contribution in [2.75, 3.05) is 11.9 Å². The number of ether oxygens (including phenoxy) is 1. The van der Waals surface area contributed by atoms with Crippen LogP contribution in [0.2, 0.25) is 0 Å². The molecule has 19 heavy (non-hydrogen) atoms. The standard InChI is InChI=1S/C12H13BrF3NO2/c1-7(2)19-6-11(18)17-10-4-3-8(13)5-9(10)12(14,15)16/h3-5,7H,6H2,1-2H3,(H,17,18). The third-order valence-electron chi connectivity index (χ3n) is 2.11. The summed E-state index contributed by atoms with van der Waals surface area (Å²) in [5.41, 5.74) is -1.19. The highest BCUT2D eigenvalue weighted by molar-refractivity contribution is 9.10. The number of benzene rings is 1. The maximum Gasteiger partial charge on any atom is 0.418 e. The zero-order valence-electron chi connectivity index (χ0n) is 10.3. The average molecular weight is 340 g/mol. The number of alkyl halides is 3. The Morgan fingerprint density at radius 3 is 2.58 bits per heavy atom. The van der Waals surface area contributed by atoms with Crippen LogP contribution < -0.4 is 5.32 Å². The summed E-state index contributed by atoms with van der Waals surface area (Å²) in [4.78, 5) is 11.5. The van der Waals surface area contributed by atoms with Crippen LogP contribution in [0.3, 0.4) is 0 Å². The number of hydrogen-bond donors (Lipinski definition) is 1. The molecule has 0 atom stereocenters. The Labute approximate surface area is 117 Å². The molecule has 1 amide bonds. The van der Waals surface area contributed by atoms with E-state index in [9.17, 15) is 18.0 Å². The van der Waals surface area contributed by atoms with E-state index in [-0.39, 0.29) is 22.9 Å². The van der Waals surface area contributed by atoms with Gasteiger partial charge in [0.15, 0.2) is 0 Å². The van der Waals surface area contributed by atoms with E-state index in [0.717, 1.165) is 6.07 Å². The first-order chi connectivity index (χ1) is 8.70. The lowest BCUT2D eigenvalue weighted by atomic mass is 10.1. The van der Waals surface area contributed by atoms with Crippen molar-refractivity contribution in [1.82, 2.24) is 0 Å². The Hall–Kier alpha value is -1.08. The predicted molar refractivity (Wildman–Crippen MR) is 68.9 cm³/mol. The minimum Gasteiger partial charge on any atom is -0.369 e. The van der Waals surface area contributed by atoms with Gasteiger partial charge in [0.05, 0.1) is 17.4 Å². The fourth-order valence-corrected chi connectivity index (χ4v) is 1.65. The van der Waals surface area contributed by atoms with Gasteiger partial charge in [-0.05, 0) is 32.0 Å². The van der Waals surface area contributed by atoms with Crippen molar-refractivity contribution < 1.29 is 22.7 Å². The quantitative estimate of drug-likeness (QED) is 0.905. The van der Waals surface area contributed by atoms with Crippen LogP contribution >= 0.6 is 15.9 Å². The number of halogens is 4. The maximum absolute atomic E-state index is 12.8. The minimum atomic E-state index is -4.54. The fraction of sp³-hybridized carbons (Fsp3) is 0.417. The molecule has 0 heterocycles. The zero-order chi connectivity index (χ0) is 14.6. The normalized spacial score (nSPS) is 11.7. The lowest BCUT2D eigenvalue weighted by molar-refractivity contribution is -0.137. The summed E-state index contributed by atoms with van der Waals surface area (Å²) in [7, 11) is 0. The van der Waals surface area contributed by atoms with Gasteiger partial charge in [-0.15, -0.1) is 0 Å². The second kappa shape index (κ2) is 6.38. The van der Waals surface area contributed by atoms with Gasteiger partial charge in [0.25, 0.3) is 0 Å². The summed E-state index contributed by atoms with van der Waals surface area (Å²) in [6.07, 6.45) is -4.71. The Bertz CT molecular complexity index is 461. The number of carbonyl (C=O) groups is 1. The molecule has 1 rings (SSSR count). The average Bonchev–Trinajstić information content (AvgIpc) is 2.27. The second-order valence-corrected chi connectivity index (χ2v) is 5.01. The van der Waals surface area contributed by atoms with E-state index in [1.807, 2.05) is 0 Å². The third-order valence-corrected chi connectivity index (χ3v) is 2.60. The lowest BCUT2D eigenvalue weighted by Gasteiger charge is -2.14. The van der Waals surface area contributed by atoms with E-state index >= 15 is 0 Å². The Balaban J connectivity index is 2.86. The van der Waals surface area contributed by atoms with Gasteiger partial charge < -0.3 is 10.1 Å². The molecule has 0 saturated carbocycles. The van der Waals surface area contributed by atoms with E-state index in [1.54, 1.807) is 13.8 Å². The molecule has 7 heteroatoms. The molecule has 0 fully saturated rings. The first-order valence-corrected chi connectivity index (χ1v) is 6.27. The van der Waals surface area contributed by atoms with E-state index < -0.39 is 17.6 Å². The highest BCUT2D eigenvalue weighted by Crippen LogP contribution is 2.36. The highest BCUT2D eigenvalue weighted by Gasteiger charge is 2.34. The van der Waals surface area contributed by atoms with Gasteiger partial charge in [-0.1, -0.05) is 15.9 Å². The van der Waals surface area contributed by atoms with Crippen molar-refractivity contribution in [3.8, 4) is 0 Å². The molecule has 1 aromatic carbocycles. The predicted octanol–water partition coefficient (Wildman–Crippen LogP) is 3.83. The van der Waals surface area contributed by atoms with Crippen LogP contribution in [-0.2, 0) is 15.7 Å². The molecule has 1 N–H and O–H groups in total. The number of anilines is 1. The van der Waals surface area contributed by atoms with E-state index in [1.165, 1.54) is 12.1 Å². The SMILES string of the molecule is CC(C)OCC(=O)Nc1ccc(Br)cc1C(F)(F)F. The second-order valence-electron chi connectivity index (χ2n) is 4.10. The fourth-order valence-electron chi connectivity index (χ4n) is 1.29. The lowest BCUT2D eigenvalue weighted by Crippen LogP contribution is -2.22. The van der Waals surface area contributed by atoms with Crippen molar-refractivity contribution in [3.05, 3.63) is 28.2 Å². The Morgan fingerprint density at radius 1 is 1.42 bits per heavy atom. The van der Waals surface area contributed by atoms with E-state index in [2.05, 4.69) is 21.2 Å². The monoisotopic (exact) mass is 339 g/mol. The molecule has 0 aromatic heterocycles. The van der Waals surface area contributed by atoms with Gasteiger partial charge in [0, 0.05) is 4.47 Å². The van der Waals surface area contributed by atoms with Crippen molar-refractivity contribution in [2.45, 2.75) is 26.1 Å². The van der Waals surface area contributed by atoms with Crippen molar-refractivity contribution in [3.63, 3.8) is 0 Å². The number of rotatable bonds is 4. The molecule has 0 aliphatic rings. The number of nitrogens with one attached hydrogen (secondary N) is 1. The first-order valence-electron chi connectivity index (χ1n) is 5.48. The van der Waals surface area contributed by atoms with Gasteiger partial charge in [0.2, 0.25) is 5.91 Å². The summed E-state index contributed by atoms with van der Waals surface area (Å²) in [6.45, 7) is 3.17. The van der Waals surface area contributed by atoms with Gasteiger partial charge in [-0.2, -0.15) is 13.2 Å². The maximum atomic E-state index is 12.8. The van der Waals surface area contributed by atoms with Gasteiger partial charge in [0.1, 0.15) is 6.61 Å². The van der Waals surface area contributed by atoms with Crippen LogP contribution in [0.25, 0.3) is 0 Å². The topological polar surface area (TPSA) is 38.3 Å². The van der Waals surface area contributed by atoms with Crippen LogP contribution in [-0.4, -0.2) is 18.6 Å². The van der Waals surface area contributed by atoms with Crippen LogP contribution in [0.5, 0.6) is 0 Å². The van der Waals surface area contributed by atoms with Crippen molar-refractivity contribution >= 4 is 27.5 Å². The minimum absolute atomic E-state index is 0.169. The van der Waals surface area contributed by atoms with Gasteiger partial charge in [-0.25, -0.2) is 0 Å². The highest BCUT2D eigenvalue weighted by atomic mass is 79.9. The van der Waals surface area contributed by atoms with Gasteiger partial charge >= 0.3 is 6.18 Å². The Kier molecular flexibility index (Phi) is 5.37. The molecular formula is C12H13BrF3NO2. The molecule has 0 spiro atoms. The molecule has 106 valence electrons. The molecule has 0 unspecified atom stereocenters. The number of carbonyl (C=O) groups excluding carboxylic acids is 1. The summed E-state index contributed by atoms with van der Waals surface area (Å²) < 4.78 is 43.7. The Morgan fingerprint density at radius 2 is 2.05 bits per heavy atom. The largest absolute Gasteiger partial charge is 0.418 e. The van der Waals surface area contributed by atoms with Crippen LogP contribution in [0.1, 0.15) is 19.4 Å². The summed E-state index contributed by atoms with van der Waals surface area (Å²) in [5.74, 6) is -0.624. The summed E-state index contributed by atoms with van der Waals surface area (Å²) in [5, 5.41) is 2.19. The zero-order valence-corrected chi connectivity index (χ0v) is 11.9. The molecule has 0 bridgehead atoms. The van der Waals surface area contributed by atoms with E-state index in [0.29, 0.717) is 0 Å². The molecule has 0 aliphatic heterocycles. The molecule has 0 radical (unpaired) electrons. The molecule has 0 aliphatic carbocycles. The van der Waals surface area contributed by atoms with E-state index in [4.69, 9.17) is 4.74 Å². The molecule has 0 saturated heterocycles. The van der Waals surface area contributed by atoms with Crippen LogP contribution in [0.15, 0.2) is 22.7 Å². The summed E-state index contributed by atoms with van der Waals surface area (Å²) in [6, 6.07) is 3.53. The third kappa shape index (κ3) is 5.20. The molecule has 1 aromatic rings. The number of hydrogen-bond acceptors (Lipinski definition) is 2. The molecular weight excluding hydrogens is 327 g/mol. The van der Waals surface area contributed by atoms with Gasteiger partial charge in [-0.3, -0.25) is 4.79 Å². The smallest absolute Gasteiger partial charge is 0.369 e. The first kappa shape index (κ1) is 16.0. The van der Waals surface area contributed by atoms with Crippen LogP contribution in [0, 0.1) is 0 Å². The van der Waals surface area contributed by atoms with Crippen molar-refractivity contribution in [2.24, 2.45) is 0 Å². The molecule has 3 nitrogen and oxygen atoms in total. The van der Waals surface area contributed by atoms with Crippen LogP contribution in [0.4, 0.5) is 18.9 Å². The summed E-state index contributed by atoms with van der Waals surface area (Å²) >= 11 is 2.97. The van der Waals surface area contributed by atoms with Crippen molar-refractivity contribution in [1.29, 1.82) is 0 Å². The number of amides is 1.